The minimum atomic E-state index is -1.11. The quantitative estimate of drug-likeness (QED) is 0.410. The van der Waals surface area contributed by atoms with Gasteiger partial charge < -0.3 is 19.5 Å². The summed E-state index contributed by atoms with van der Waals surface area (Å²) in [5.41, 5.74) is -0.471. The van der Waals surface area contributed by atoms with Gasteiger partial charge >= 0.3 is 11.9 Å². The molecule has 0 amide bonds. The number of esters is 2. The third-order valence-electron chi connectivity index (χ3n) is 9.33. The summed E-state index contributed by atoms with van der Waals surface area (Å²) in [7, 11) is 3.87. The molecule has 7 nitrogen and oxygen atoms in total. The van der Waals surface area contributed by atoms with E-state index in [0.29, 0.717) is 19.6 Å². The summed E-state index contributed by atoms with van der Waals surface area (Å²) >= 11 is 0. The van der Waals surface area contributed by atoms with Gasteiger partial charge in [0.1, 0.15) is 18.5 Å². The molecule has 0 radical (unpaired) electrons. The lowest BCUT2D eigenvalue weighted by Crippen LogP contribution is -2.60. The smallest absolute Gasteiger partial charge is 0.330 e. The number of carbonyl (C=O) groups excluding carboxylic acids is 3. The normalized spacial score (nSPS) is 35.2. The molecule has 0 aromatic heterocycles. The third kappa shape index (κ3) is 6.04. The molecule has 6 atom stereocenters. The summed E-state index contributed by atoms with van der Waals surface area (Å²) in [6.07, 6.45) is 5.10. The number of allylic oxidation sites excluding steroid dienone is 1. The first-order chi connectivity index (χ1) is 16.6. The number of ketones is 1. The molecule has 0 aromatic rings. The van der Waals surface area contributed by atoms with E-state index >= 15 is 0 Å². The zero-order valence-electron chi connectivity index (χ0n) is 23.6. The Morgan fingerprint density at radius 3 is 2.47 bits per heavy atom. The van der Waals surface area contributed by atoms with Crippen molar-refractivity contribution in [2.75, 3.05) is 27.2 Å². The largest absolute Gasteiger partial charge is 0.462 e. The van der Waals surface area contributed by atoms with Crippen molar-refractivity contribution in [3.05, 3.63) is 11.6 Å². The summed E-state index contributed by atoms with van der Waals surface area (Å²) < 4.78 is 11.3. The number of hydrogen-bond acceptors (Lipinski definition) is 7. The van der Waals surface area contributed by atoms with Crippen LogP contribution in [-0.4, -0.2) is 66.7 Å². The zero-order valence-corrected chi connectivity index (χ0v) is 23.6. The summed E-state index contributed by atoms with van der Waals surface area (Å²) in [5, 5.41) is 10.0. The monoisotopic (exact) mass is 505 g/mol. The SMILES string of the molecule is C[C@H]1/C(=C/C(=O)OCCN(C)C)CC[C@H]2[C@H]1C(=O)C[C@H]1C(C)(C)[C@@H](OC(=O)CC(C)(C)O)CC[C@]21C. The van der Waals surface area contributed by atoms with Gasteiger partial charge in [-0.05, 0) is 76.8 Å². The van der Waals surface area contributed by atoms with Gasteiger partial charge in [-0.2, -0.15) is 0 Å². The predicted octanol–water partition coefficient (Wildman–Crippen LogP) is 4.17. The lowest BCUT2D eigenvalue weighted by Gasteiger charge is -2.62. The van der Waals surface area contributed by atoms with Crippen LogP contribution in [-0.2, 0) is 23.9 Å². The van der Waals surface area contributed by atoms with Crippen molar-refractivity contribution < 1.29 is 29.0 Å². The molecule has 0 bridgehead atoms. The van der Waals surface area contributed by atoms with Gasteiger partial charge in [0, 0.05) is 30.4 Å². The Kier molecular flexibility index (Phi) is 8.46. The highest BCUT2D eigenvalue weighted by molar-refractivity contribution is 5.86. The van der Waals surface area contributed by atoms with Crippen molar-refractivity contribution in [1.29, 1.82) is 0 Å². The fourth-order valence-corrected chi connectivity index (χ4v) is 7.38. The first-order valence-corrected chi connectivity index (χ1v) is 13.5. The molecule has 7 heteroatoms. The Bertz CT molecular complexity index is 885. The Morgan fingerprint density at radius 1 is 1.19 bits per heavy atom. The van der Waals surface area contributed by atoms with Crippen LogP contribution in [0.5, 0.6) is 0 Å². The van der Waals surface area contributed by atoms with Crippen molar-refractivity contribution in [3.8, 4) is 0 Å². The second kappa shape index (κ2) is 10.6. The second-order valence-corrected chi connectivity index (χ2v) is 13.2. The maximum absolute atomic E-state index is 13.6. The van der Waals surface area contributed by atoms with E-state index in [1.165, 1.54) is 0 Å². The average molecular weight is 506 g/mol. The molecule has 3 aliphatic rings. The van der Waals surface area contributed by atoms with Gasteiger partial charge in [-0.15, -0.1) is 0 Å². The molecular weight excluding hydrogens is 458 g/mol. The van der Waals surface area contributed by atoms with E-state index in [1.807, 2.05) is 19.0 Å². The molecule has 0 saturated heterocycles. The number of rotatable bonds is 7. The Balaban J connectivity index is 1.75. The minimum Gasteiger partial charge on any atom is -0.462 e. The summed E-state index contributed by atoms with van der Waals surface area (Å²) in [4.78, 5) is 40.5. The first-order valence-electron chi connectivity index (χ1n) is 13.5. The first kappa shape index (κ1) is 28.8. The van der Waals surface area contributed by atoms with E-state index in [1.54, 1.807) is 19.9 Å². The molecule has 1 N–H and O–H groups in total. The van der Waals surface area contributed by atoms with E-state index in [2.05, 4.69) is 27.7 Å². The molecule has 3 rings (SSSR count). The van der Waals surface area contributed by atoms with E-state index in [4.69, 9.17) is 9.47 Å². The van der Waals surface area contributed by atoms with Crippen LogP contribution in [0.4, 0.5) is 0 Å². The number of aliphatic hydroxyl groups is 1. The van der Waals surface area contributed by atoms with Crippen LogP contribution in [0.3, 0.4) is 0 Å². The molecule has 0 aromatic carbocycles. The van der Waals surface area contributed by atoms with Crippen molar-refractivity contribution in [2.24, 2.45) is 34.5 Å². The molecule has 3 saturated carbocycles. The number of Topliss-reactive ketones (excluding diaryl/α,β-unsaturated/α-hetero) is 1. The molecular formula is C29H47NO6. The van der Waals surface area contributed by atoms with E-state index < -0.39 is 5.60 Å². The van der Waals surface area contributed by atoms with Gasteiger partial charge in [-0.25, -0.2) is 4.79 Å². The van der Waals surface area contributed by atoms with Gasteiger partial charge in [0.05, 0.1) is 12.0 Å². The van der Waals surface area contributed by atoms with E-state index in [-0.39, 0.29) is 64.7 Å². The highest BCUT2D eigenvalue weighted by Gasteiger charge is 2.62. The summed E-state index contributed by atoms with van der Waals surface area (Å²) in [6.45, 7) is 12.9. The molecule has 3 aliphatic carbocycles. The number of hydrogen-bond donors (Lipinski definition) is 1. The Labute approximate surface area is 217 Å². The number of fused-ring (bicyclic) bond motifs is 3. The topological polar surface area (TPSA) is 93.1 Å². The summed E-state index contributed by atoms with van der Waals surface area (Å²) in [6, 6.07) is 0. The standard InChI is InChI=1S/C29H47NO6/c1-18-19(15-24(32)35-14-13-30(7)8)9-10-20-26(18)21(31)16-22-28(4,5)23(11-12-29(20,22)6)36-25(33)17-27(2,3)34/h15,18,20,22-23,26,34H,9-14,16-17H2,1-8H3/b19-15+/t18-,20-,22-,23-,26-,29+/m0/s1. The molecule has 0 unspecified atom stereocenters. The minimum absolute atomic E-state index is 0.0147. The maximum Gasteiger partial charge on any atom is 0.330 e. The lowest BCUT2D eigenvalue weighted by atomic mass is 9.42. The third-order valence-corrected chi connectivity index (χ3v) is 9.33. The number of nitrogens with zero attached hydrogens (tertiary/aromatic N) is 1. The predicted molar refractivity (Wildman–Crippen MR) is 138 cm³/mol. The van der Waals surface area contributed by atoms with Crippen molar-refractivity contribution in [1.82, 2.24) is 4.90 Å². The van der Waals surface area contributed by atoms with Crippen molar-refractivity contribution in [3.63, 3.8) is 0 Å². The van der Waals surface area contributed by atoms with Crippen LogP contribution in [0.15, 0.2) is 11.6 Å². The van der Waals surface area contributed by atoms with Crippen LogP contribution in [0.1, 0.15) is 80.1 Å². The van der Waals surface area contributed by atoms with Crippen LogP contribution < -0.4 is 0 Å². The second-order valence-electron chi connectivity index (χ2n) is 13.2. The van der Waals surface area contributed by atoms with Crippen LogP contribution in [0.2, 0.25) is 0 Å². The van der Waals surface area contributed by atoms with Crippen molar-refractivity contribution in [2.45, 2.75) is 91.8 Å². The van der Waals surface area contributed by atoms with Crippen LogP contribution >= 0.6 is 0 Å². The Morgan fingerprint density at radius 2 is 1.86 bits per heavy atom. The highest BCUT2D eigenvalue weighted by atomic mass is 16.5. The molecule has 3 fully saturated rings. The molecule has 0 heterocycles. The maximum atomic E-state index is 13.6. The Hall–Kier alpha value is -1.73. The van der Waals surface area contributed by atoms with Crippen LogP contribution in [0, 0.1) is 34.5 Å². The summed E-state index contributed by atoms with van der Waals surface area (Å²) in [5.74, 6) is -0.166. The molecule has 36 heavy (non-hydrogen) atoms. The van der Waals surface area contributed by atoms with Gasteiger partial charge in [0.2, 0.25) is 0 Å². The fraction of sp³-hybridized carbons (Fsp3) is 0.828. The fourth-order valence-electron chi connectivity index (χ4n) is 7.38. The lowest BCUT2D eigenvalue weighted by molar-refractivity contribution is -0.191. The molecule has 204 valence electrons. The number of likely N-dealkylation sites (N-methyl/N-ethyl adjacent to an activating group) is 1. The average Bonchev–Trinajstić information content (AvgIpc) is 2.72. The van der Waals surface area contributed by atoms with Crippen LogP contribution in [0.25, 0.3) is 0 Å². The van der Waals surface area contributed by atoms with Gasteiger partial charge in [0.15, 0.2) is 0 Å². The molecule has 0 spiro atoms. The van der Waals surface area contributed by atoms with Gasteiger partial charge in [0.25, 0.3) is 0 Å². The van der Waals surface area contributed by atoms with Gasteiger partial charge in [-0.3, -0.25) is 9.59 Å². The van der Waals surface area contributed by atoms with Gasteiger partial charge in [-0.1, -0.05) is 33.3 Å². The van der Waals surface area contributed by atoms with E-state index in [9.17, 15) is 19.5 Å². The zero-order chi connectivity index (χ0) is 27.1. The van der Waals surface area contributed by atoms with E-state index in [0.717, 1.165) is 31.3 Å². The number of carbonyl (C=O) groups is 3. The number of ether oxygens (including phenoxy) is 2. The molecule has 0 aliphatic heterocycles. The van der Waals surface area contributed by atoms with Crippen molar-refractivity contribution >= 4 is 17.7 Å². The highest BCUT2D eigenvalue weighted by Crippen LogP contribution is 2.64.